The van der Waals surface area contributed by atoms with E-state index in [9.17, 15) is 4.79 Å². The van der Waals surface area contributed by atoms with E-state index in [0.29, 0.717) is 11.9 Å². The number of carbonyl (C=O) groups excluding carboxylic acids is 1. The summed E-state index contributed by atoms with van der Waals surface area (Å²) in [6.07, 6.45) is 1.05. The average molecular weight is 324 g/mol. The summed E-state index contributed by atoms with van der Waals surface area (Å²) in [6.45, 7) is 9.12. The number of hydrogen-bond donors (Lipinski definition) is 3. The van der Waals surface area contributed by atoms with Gasteiger partial charge in [0.25, 0.3) is 0 Å². The van der Waals surface area contributed by atoms with Gasteiger partial charge in [-0.05, 0) is 44.6 Å². The van der Waals surface area contributed by atoms with Crippen LogP contribution in [0.2, 0.25) is 0 Å². The van der Waals surface area contributed by atoms with Gasteiger partial charge in [-0.3, -0.25) is 9.79 Å². The third-order valence-electron chi connectivity index (χ3n) is 2.90. The first-order valence-corrected chi connectivity index (χ1v) is 8.46. The van der Waals surface area contributed by atoms with Crippen LogP contribution in [-0.2, 0) is 11.2 Å². The molecule has 6 heteroatoms. The molecule has 1 atom stereocenters. The van der Waals surface area contributed by atoms with Crippen molar-refractivity contribution in [2.75, 3.05) is 20.1 Å². The molecule has 0 aliphatic carbocycles. The second-order valence-corrected chi connectivity index (χ2v) is 7.53. The quantitative estimate of drug-likeness (QED) is 0.554. The highest BCUT2D eigenvalue weighted by Crippen LogP contribution is 2.13. The zero-order valence-corrected chi connectivity index (χ0v) is 15.0. The maximum absolute atomic E-state index is 11.8. The minimum absolute atomic E-state index is 0.0397. The normalized spacial score (nSPS) is 13.6. The fraction of sp³-hybridized carbons (Fsp3) is 0.625. The van der Waals surface area contributed by atoms with E-state index in [0.717, 1.165) is 13.0 Å². The Bertz CT molecular complexity index is 477. The lowest BCUT2D eigenvalue weighted by Gasteiger charge is -2.21. The molecule has 0 bridgehead atoms. The molecule has 1 amide bonds. The number of rotatable bonds is 6. The van der Waals surface area contributed by atoms with Crippen LogP contribution in [-0.4, -0.2) is 37.5 Å². The van der Waals surface area contributed by atoms with Crippen molar-refractivity contribution in [3.63, 3.8) is 0 Å². The Hall–Kier alpha value is -1.56. The molecule has 1 aromatic heterocycles. The molecular weight excluding hydrogens is 296 g/mol. The van der Waals surface area contributed by atoms with Gasteiger partial charge < -0.3 is 16.0 Å². The summed E-state index contributed by atoms with van der Waals surface area (Å²) < 4.78 is 0. The van der Waals surface area contributed by atoms with Gasteiger partial charge in [0.2, 0.25) is 5.91 Å². The van der Waals surface area contributed by atoms with Crippen molar-refractivity contribution in [3.8, 4) is 0 Å². The first-order valence-electron chi connectivity index (χ1n) is 7.58. The van der Waals surface area contributed by atoms with Gasteiger partial charge in [-0.15, -0.1) is 11.3 Å². The lowest BCUT2D eigenvalue weighted by atomic mass is 10.1. The first-order chi connectivity index (χ1) is 10.3. The van der Waals surface area contributed by atoms with Crippen LogP contribution in [0.1, 0.15) is 32.6 Å². The van der Waals surface area contributed by atoms with E-state index in [1.165, 1.54) is 4.88 Å². The van der Waals surface area contributed by atoms with Gasteiger partial charge >= 0.3 is 0 Å². The highest BCUT2D eigenvalue weighted by Gasteiger charge is 2.13. The van der Waals surface area contributed by atoms with Crippen molar-refractivity contribution in [1.29, 1.82) is 0 Å². The zero-order valence-electron chi connectivity index (χ0n) is 14.2. The summed E-state index contributed by atoms with van der Waals surface area (Å²) in [4.78, 5) is 17.3. The largest absolute Gasteiger partial charge is 0.356 e. The standard InChI is InChI=1S/C16H28N4OS/c1-12(9-13-7-6-8-22-13)10-18-15(17-5)19-11-14(21)20-16(2,3)4/h6-8,12H,9-11H2,1-5H3,(H,20,21)(H2,17,18,19). The molecule has 3 N–H and O–H groups in total. The number of carbonyl (C=O) groups is 1. The lowest BCUT2D eigenvalue weighted by molar-refractivity contribution is -0.121. The van der Waals surface area contributed by atoms with E-state index < -0.39 is 0 Å². The van der Waals surface area contributed by atoms with E-state index >= 15 is 0 Å². The molecular formula is C16H28N4OS. The summed E-state index contributed by atoms with van der Waals surface area (Å²) in [5.41, 5.74) is -0.217. The Labute approximate surface area is 137 Å². The minimum atomic E-state index is -0.217. The molecule has 1 heterocycles. The molecule has 0 saturated carbocycles. The van der Waals surface area contributed by atoms with Crippen LogP contribution < -0.4 is 16.0 Å². The molecule has 0 spiro atoms. The number of thiophene rings is 1. The number of nitrogens with zero attached hydrogens (tertiary/aromatic N) is 1. The smallest absolute Gasteiger partial charge is 0.239 e. The highest BCUT2D eigenvalue weighted by atomic mass is 32.1. The summed E-state index contributed by atoms with van der Waals surface area (Å²) in [6, 6.07) is 4.24. The van der Waals surface area contributed by atoms with Gasteiger partial charge in [0, 0.05) is 24.0 Å². The summed E-state index contributed by atoms with van der Waals surface area (Å²) in [5, 5.41) is 11.3. The molecule has 0 aromatic carbocycles. The van der Waals surface area contributed by atoms with Gasteiger partial charge in [0.05, 0.1) is 6.54 Å². The Morgan fingerprint density at radius 3 is 2.64 bits per heavy atom. The van der Waals surface area contributed by atoms with Crippen molar-refractivity contribution < 1.29 is 4.79 Å². The molecule has 0 radical (unpaired) electrons. The van der Waals surface area contributed by atoms with Crippen molar-refractivity contribution in [2.24, 2.45) is 10.9 Å². The molecule has 1 rings (SSSR count). The van der Waals surface area contributed by atoms with Crippen LogP contribution in [0.5, 0.6) is 0 Å². The maximum Gasteiger partial charge on any atom is 0.239 e. The van der Waals surface area contributed by atoms with Crippen molar-refractivity contribution in [2.45, 2.75) is 39.7 Å². The van der Waals surface area contributed by atoms with Crippen LogP contribution in [0.15, 0.2) is 22.5 Å². The molecule has 5 nitrogen and oxygen atoms in total. The molecule has 0 saturated heterocycles. The van der Waals surface area contributed by atoms with Crippen LogP contribution in [0.4, 0.5) is 0 Å². The zero-order chi connectivity index (χ0) is 16.6. The van der Waals surface area contributed by atoms with Crippen LogP contribution in [0.3, 0.4) is 0 Å². The van der Waals surface area contributed by atoms with Gasteiger partial charge in [0.1, 0.15) is 0 Å². The van der Waals surface area contributed by atoms with Gasteiger partial charge in [-0.25, -0.2) is 0 Å². The average Bonchev–Trinajstić information content (AvgIpc) is 2.89. The molecule has 124 valence electrons. The Balaban J connectivity index is 2.29. The maximum atomic E-state index is 11.8. The van der Waals surface area contributed by atoms with E-state index in [1.54, 1.807) is 18.4 Å². The summed E-state index contributed by atoms with van der Waals surface area (Å²) in [5.74, 6) is 1.12. The number of aliphatic imine (C=N–C) groups is 1. The molecule has 0 aliphatic rings. The molecule has 1 aromatic rings. The number of hydrogen-bond acceptors (Lipinski definition) is 3. The van der Waals surface area contributed by atoms with Crippen LogP contribution >= 0.6 is 11.3 Å². The van der Waals surface area contributed by atoms with Crippen molar-refractivity contribution in [1.82, 2.24) is 16.0 Å². The van der Waals surface area contributed by atoms with E-state index in [1.807, 2.05) is 20.8 Å². The Kier molecular flexibility index (Phi) is 7.38. The minimum Gasteiger partial charge on any atom is -0.356 e. The van der Waals surface area contributed by atoms with E-state index in [2.05, 4.69) is 45.4 Å². The number of amides is 1. The van der Waals surface area contributed by atoms with Crippen molar-refractivity contribution >= 4 is 23.2 Å². The first kappa shape index (κ1) is 18.5. The monoisotopic (exact) mass is 324 g/mol. The molecule has 1 unspecified atom stereocenters. The third-order valence-corrected chi connectivity index (χ3v) is 3.80. The van der Waals surface area contributed by atoms with Crippen LogP contribution in [0.25, 0.3) is 0 Å². The molecule has 22 heavy (non-hydrogen) atoms. The molecule has 0 aliphatic heterocycles. The SMILES string of the molecule is CN=C(NCC(=O)NC(C)(C)C)NCC(C)Cc1cccs1. The second-order valence-electron chi connectivity index (χ2n) is 6.49. The topological polar surface area (TPSA) is 65.5 Å². The highest BCUT2D eigenvalue weighted by molar-refractivity contribution is 7.09. The predicted octanol–water partition coefficient (Wildman–Crippen LogP) is 2.01. The summed E-state index contributed by atoms with van der Waals surface area (Å²) >= 11 is 1.78. The van der Waals surface area contributed by atoms with Gasteiger partial charge in [-0.1, -0.05) is 13.0 Å². The predicted molar refractivity (Wildman–Crippen MR) is 94.4 cm³/mol. The van der Waals surface area contributed by atoms with E-state index in [4.69, 9.17) is 0 Å². The van der Waals surface area contributed by atoms with Crippen molar-refractivity contribution in [3.05, 3.63) is 22.4 Å². The van der Waals surface area contributed by atoms with Gasteiger partial charge in [-0.2, -0.15) is 0 Å². The third kappa shape index (κ3) is 8.02. The van der Waals surface area contributed by atoms with Gasteiger partial charge in [0.15, 0.2) is 5.96 Å². The number of guanidine groups is 1. The van der Waals surface area contributed by atoms with E-state index in [-0.39, 0.29) is 18.0 Å². The second kappa shape index (κ2) is 8.78. The number of nitrogens with one attached hydrogen (secondary N) is 3. The molecule has 0 fully saturated rings. The van der Waals surface area contributed by atoms with Crippen LogP contribution in [0, 0.1) is 5.92 Å². The summed E-state index contributed by atoms with van der Waals surface area (Å²) in [7, 11) is 1.71. The lowest BCUT2D eigenvalue weighted by Crippen LogP contribution is -2.48. The fourth-order valence-electron chi connectivity index (χ4n) is 1.96. The Morgan fingerprint density at radius 1 is 1.36 bits per heavy atom. The fourth-order valence-corrected chi connectivity index (χ4v) is 2.83. The Morgan fingerprint density at radius 2 is 2.09 bits per heavy atom.